The van der Waals surface area contributed by atoms with E-state index in [9.17, 15) is 4.79 Å². The lowest BCUT2D eigenvalue weighted by Crippen LogP contribution is -2.58. The molecule has 0 aromatic rings. The molecule has 1 heterocycles. The molecular weight excluding hydrogens is 190 g/mol. The molecule has 2 aliphatic rings. The molecule has 1 amide bonds. The van der Waals surface area contributed by atoms with E-state index in [2.05, 4.69) is 22.2 Å². The maximum absolute atomic E-state index is 12.0. The number of hydrogen-bond acceptors (Lipinski definition) is 3. The maximum Gasteiger partial charge on any atom is 0.238 e. The van der Waals surface area contributed by atoms with Crippen LogP contribution in [0.5, 0.6) is 0 Å². The summed E-state index contributed by atoms with van der Waals surface area (Å²) >= 11 is 0. The van der Waals surface area contributed by atoms with Crippen molar-refractivity contribution in [2.75, 3.05) is 33.7 Å². The second-order valence-electron chi connectivity index (χ2n) is 4.90. The van der Waals surface area contributed by atoms with E-state index in [0.717, 1.165) is 32.5 Å². The molecule has 4 nitrogen and oxygen atoms in total. The van der Waals surface area contributed by atoms with Crippen molar-refractivity contribution in [2.45, 2.75) is 31.3 Å². The fraction of sp³-hybridized carbons (Fsp3) is 0.909. The normalized spacial score (nSPS) is 29.9. The van der Waals surface area contributed by atoms with Crippen LogP contribution in [0.1, 0.15) is 19.3 Å². The van der Waals surface area contributed by atoms with Gasteiger partial charge in [0.15, 0.2) is 0 Å². The highest BCUT2D eigenvalue weighted by Gasteiger charge is 2.30. The lowest BCUT2D eigenvalue weighted by molar-refractivity contribution is -0.129. The summed E-state index contributed by atoms with van der Waals surface area (Å²) in [7, 11) is 4.12. The number of likely N-dealkylation sites (N-methyl/N-ethyl adjacent to an activating group) is 2. The Morgan fingerprint density at radius 2 is 2.00 bits per heavy atom. The van der Waals surface area contributed by atoms with Crippen LogP contribution in [0.4, 0.5) is 0 Å². The van der Waals surface area contributed by atoms with Crippen LogP contribution >= 0.6 is 0 Å². The second kappa shape index (κ2) is 4.49. The molecule has 1 saturated heterocycles. The zero-order chi connectivity index (χ0) is 10.8. The van der Waals surface area contributed by atoms with Crippen molar-refractivity contribution in [1.29, 1.82) is 0 Å². The molecule has 1 unspecified atom stereocenters. The maximum atomic E-state index is 12.0. The first-order chi connectivity index (χ1) is 7.16. The largest absolute Gasteiger partial charge is 0.352 e. The smallest absolute Gasteiger partial charge is 0.238 e. The number of rotatable bonds is 2. The van der Waals surface area contributed by atoms with Crippen LogP contribution in [0, 0.1) is 0 Å². The second-order valence-corrected chi connectivity index (χ2v) is 4.90. The van der Waals surface area contributed by atoms with Crippen LogP contribution in [-0.4, -0.2) is 61.5 Å². The van der Waals surface area contributed by atoms with Gasteiger partial charge in [-0.3, -0.25) is 9.69 Å². The van der Waals surface area contributed by atoms with Crippen molar-refractivity contribution >= 4 is 5.91 Å². The van der Waals surface area contributed by atoms with Gasteiger partial charge < -0.3 is 10.2 Å². The summed E-state index contributed by atoms with van der Waals surface area (Å²) in [6, 6.07) is 0.502. The van der Waals surface area contributed by atoms with Gasteiger partial charge in [-0.15, -0.1) is 0 Å². The number of carbonyl (C=O) groups excluding carboxylic acids is 1. The first-order valence-electron chi connectivity index (χ1n) is 5.86. The molecule has 1 saturated carbocycles. The third-order valence-electron chi connectivity index (χ3n) is 3.61. The zero-order valence-corrected chi connectivity index (χ0v) is 9.70. The minimum Gasteiger partial charge on any atom is -0.352 e. The molecule has 4 heteroatoms. The fourth-order valence-corrected chi connectivity index (χ4v) is 2.14. The Kier molecular flexibility index (Phi) is 3.26. The van der Waals surface area contributed by atoms with Gasteiger partial charge in [0.25, 0.3) is 0 Å². The molecule has 2 rings (SSSR count). The minimum absolute atomic E-state index is 0.0457. The fourth-order valence-electron chi connectivity index (χ4n) is 2.14. The summed E-state index contributed by atoms with van der Waals surface area (Å²) in [5.74, 6) is 0.216. The highest BCUT2D eigenvalue weighted by Crippen LogP contribution is 2.18. The average Bonchev–Trinajstić information content (AvgIpc) is 2.15. The van der Waals surface area contributed by atoms with Gasteiger partial charge >= 0.3 is 0 Å². The molecule has 0 radical (unpaired) electrons. The monoisotopic (exact) mass is 211 g/mol. The predicted octanol–water partition coefficient (Wildman–Crippen LogP) is -0.0991. The standard InChI is InChI=1S/C11H21N3O/c1-13-6-7-14(2)10(8-13)11(15)12-9-4-3-5-9/h9-10H,3-8H2,1-2H3,(H,12,15). The zero-order valence-electron chi connectivity index (χ0n) is 9.70. The van der Waals surface area contributed by atoms with Gasteiger partial charge in [0.2, 0.25) is 5.91 Å². The van der Waals surface area contributed by atoms with Crippen LogP contribution in [0.15, 0.2) is 0 Å². The Balaban J connectivity index is 1.86. The van der Waals surface area contributed by atoms with Crippen LogP contribution in [-0.2, 0) is 4.79 Å². The number of nitrogens with zero attached hydrogens (tertiary/aromatic N) is 2. The van der Waals surface area contributed by atoms with Gasteiger partial charge in [0.1, 0.15) is 6.04 Å². The van der Waals surface area contributed by atoms with Gasteiger partial charge in [-0.1, -0.05) is 0 Å². The molecule has 0 aromatic heterocycles. The first-order valence-corrected chi connectivity index (χ1v) is 5.86. The molecule has 15 heavy (non-hydrogen) atoms. The van der Waals surface area contributed by atoms with E-state index < -0.39 is 0 Å². The van der Waals surface area contributed by atoms with Gasteiger partial charge in [-0.25, -0.2) is 0 Å². The Labute approximate surface area is 91.6 Å². The first kappa shape index (κ1) is 10.9. The number of nitrogens with one attached hydrogen (secondary N) is 1. The molecule has 1 N–H and O–H groups in total. The van der Waals surface area contributed by atoms with E-state index in [-0.39, 0.29) is 11.9 Å². The average molecular weight is 211 g/mol. The summed E-state index contributed by atoms with van der Waals surface area (Å²) in [6.45, 7) is 2.90. The molecule has 86 valence electrons. The molecule has 1 aliphatic heterocycles. The van der Waals surface area contributed by atoms with Gasteiger partial charge in [0.05, 0.1) is 0 Å². The Morgan fingerprint density at radius 1 is 1.27 bits per heavy atom. The topological polar surface area (TPSA) is 35.6 Å². The summed E-state index contributed by atoms with van der Waals surface area (Å²) < 4.78 is 0. The van der Waals surface area contributed by atoms with Gasteiger partial charge in [0, 0.05) is 25.7 Å². The van der Waals surface area contributed by atoms with Crippen molar-refractivity contribution in [3.05, 3.63) is 0 Å². The molecular formula is C11H21N3O. The van der Waals surface area contributed by atoms with E-state index >= 15 is 0 Å². The summed E-state index contributed by atoms with van der Waals surface area (Å²) in [4.78, 5) is 16.4. The van der Waals surface area contributed by atoms with Crippen molar-refractivity contribution in [1.82, 2.24) is 15.1 Å². The summed E-state index contributed by atoms with van der Waals surface area (Å²) in [5.41, 5.74) is 0. The lowest BCUT2D eigenvalue weighted by atomic mass is 9.93. The third-order valence-corrected chi connectivity index (χ3v) is 3.61. The van der Waals surface area contributed by atoms with Crippen LogP contribution in [0.3, 0.4) is 0 Å². The number of hydrogen-bond donors (Lipinski definition) is 1. The van der Waals surface area contributed by atoms with Crippen LogP contribution in [0.2, 0.25) is 0 Å². The quantitative estimate of drug-likeness (QED) is 0.693. The minimum atomic E-state index is 0.0457. The van der Waals surface area contributed by atoms with Gasteiger partial charge in [-0.2, -0.15) is 0 Å². The summed E-state index contributed by atoms with van der Waals surface area (Å²) in [6.07, 6.45) is 3.60. The Hall–Kier alpha value is -0.610. The van der Waals surface area contributed by atoms with Crippen molar-refractivity contribution in [2.24, 2.45) is 0 Å². The molecule has 1 atom stereocenters. The number of amides is 1. The number of piperazine rings is 1. The van der Waals surface area contributed by atoms with E-state index in [4.69, 9.17) is 0 Å². The third kappa shape index (κ3) is 2.49. The van der Waals surface area contributed by atoms with Crippen molar-refractivity contribution < 1.29 is 4.79 Å². The SMILES string of the molecule is CN1CCN(C)C(C(=O)NC2CCC2)C1. The van der Waals surface area contributed by atoms with E-state index in [1.54, 1.807) is 0 Å². The van der Waals surface area contributed by atoms with Crippen molar-refractivity contribution in [3.63, 3.8) is 0 Å². The highest BCUT2D eigenvalue weighted by molar-refractivity contribution is 5.82. The van der Waals surface area contributed by atoms with E-state index in [0.29, 0.717) is 6.04 Å². The number of carbonyl (C=O) groups is 1. The van der Waals surface area contributed by atoms with Crippen molar-refractivity contribution in [3.8, 4) is 0 Å². The Morgan fingerprint density at radius 3 is 2.60 bits per heavy atom. The highest BCUT2D eigenvalue weighted by atomic mass is 16.2. The van der Waals surface area contributed by atoms with Gasteiger partial charge in [-0.05, 0) is 33.4 Å². The summed E-state index contributed by atoms with van der Waals surface area (Å²) in [5, 5.41) is 3.13. The Bertz CT molecular complexity index is 240. The van der Waals surface area contributed by atoms with Crippen LogP contribution in [0.25, 0.3) is 0 Å². The molecule has 1 aliphatic carbocycles. The predicted molar refractivity (Wildman–Crippen MR) is 59.7 cm³/mol. The van der Waals surface area contributed by atoms with E-state index in [1.165, 1.54) is 6.42 Å². The van der Waals surface area contributed by atoms with Crippen LogP contribution < -0.4 is 5.32 Å². The molecule has 2 fully saturated rings. The molecule has 0 aromatic carbocycles. The molecule has 0 spiro atoms. The van der Waals surface area contributed by atoms with E-state index in [1.807, 2.05) is 7.05 Å². The lowest BCUT2D eigenvalue weighted by Gasteiger charge is -2.38. The molecule has 0 bridgehead atoms.